The van der Waals surface area contributed by atoms with Gasteiger partial charge in [-0.2, -0.15) is 5.10 Å². The van der Waals surface area contributed by atoms with Crippen LogP contribution in [0.2, 0.25) is 0 Å². The maximum Gasteiger partial charge on any atom is 0.363 e. The second kappa shape index (κ2) is 4.35. The molecule has 0 unspecified atom stereocenters. The van der Waals surface area contributed by atoms with Gasteiger partial charge in [0.1, 0.15) is 17.4 Å². The van der Waals surface area contributed by atoms with Crippen molar-refractivity contribution in [3.05, 3.63) is 39.8 Å². The van der Waals surface area contributed by atoms with Gasteiger partial charge in [0.05, 0.1) is 10.3 Å². The summed E-state index contributed by atoms with van der Waals surface area (Å²) in [7, 11) is 0. The van der Waals surface area contributed by atoms with E-state index < -0.39 is 22.3 Å². The van der Waals surface area contributed by atoms with E-state index in [0.717, 1.165) is 10.9 Å². The molecular weight excluding hydrogens is 286 g/mol. The maximum atomic E-state index is 11.0. The number of nitro groups is 1. The maximum absolute atomic E-state index is 11.0. The van der Waals surface area contributed by atoms with E-state index in [-0.39, 0.29) is 0 Å². The first-order chi connectivity index (χ1) is 9.58. The topological polar surface area (TPSA) is 124 Å². The Bertz CT molecular complexity index is 808. The van der Waals surface area contributed by atoms with Gasteiger partial charge in [0, 0.05) is 0 Å². The molecule has 10 heteroatoms. The minimum atomic E-state index is -1.47. The fourth-order valence-corrected chi connectivity index (χ4v) is 2.45. The van der Waals surface area contributed by atoms with E-state index in [0.29, 0.717) is 16.0 Å². The van der Waals surface area contributed by atoms with Gasteiger partial charge in [-0.3, -0.25) is 10.1 Å². The Hall–Kier alpha value is -2.88. The van der Waals surface area contributed by atoms with Crippen LogP contribution in [0, 0.1) is 10.1 Å². The first-order valence-electron chi connectivity index (χ1n) is 5.24. The van der Waals surface area contributed by atoms with E-state index >= 15 is 0 Å². The molecule has 3 aromatic heterocycles. The molecule has 0 atom stereocenters. The number of hydrogen-bond donors (Lipinski definition) is 1. The van der Waals surface area contributed by atoms with Crippen molar-refractivity contribution in [3.8, 4) is 5.82 Å². The molecule has 3 rings (SSSR count). The number of carbonyl (C=O) groups is 1. The van der Waals surface area contributed by atoms with E-state index in [2.05, 4.69) is 15.1 Å². The molecule has 0 aliphatic heterocycles. The monoisotopic (exact) mass is 291 g/mol. The van der Waals surface area contributed by atoms with Crippen LogP contribution in [0.5, 0.6) is 0 Å². The molecule has 0 spiro atoms. The minimum absolute atomic E-state index is 0.298. The summed E-state index contributed by atoms with van der Waals surface area (Å²) in [5, 5.41) is 25.9. The van der Waals surface area contributed by atoms with E-state index in [1.54, 1.807) is 11.4 Å². The number of hydrogen-bond acceptors (Lipinski definition) is 7. The summed E-state index contributed by atoms with van der Waals surface area (Å²) >= 11 is 1.38. The molecule has 0 saturated heterocycles. The van der Waals surface area contributed by atoms with Gasteiger partial charge in [0.15, 0.2) is 5.82 Å². The van der Waals surface area contributed by atoms with Gasteiger partial charge in [-0.25, -0.2) is 19.4 Å². The fraction of sp³-hybridized carbons (Fsp3) is 0. The summed E-state index contributed by atoms with van der Waals surface area (Å²) < 4.78 is 1.08. The van der Waals surface area contributed by atoms with E-state index in [1.807, 2.05) is 0 Å². The van der Waals surface area contributed by atoms with Crippen LogP contribution in [-0.4, -0.2) is 35.7 Å². The Kier molecular flexibility index (Phi) is 2.64. The van der Waals surface area contributed by atoms with Gasteiger partial charge >= 0.3 is 11.7 Å². The number of thiophene rings is 1. The Labute approximate surface area is 114 Å². The Balaban J connectivity index is 2.25. The molecule has 0 aromatic carbocycles. The molecule has 0 aliphatic carbocycles. The largest absolute Gasteiger partial charge is 0.476 e. The van der Waals surface area contributed by atoms with Crippen molar-refractivity contribution in [2.45, 2.75) is 0 Å². The standard InChI is InChI=1S/C10H5N5O4S/c16-10(17)7-6(15(18)19)3-14(13-7)8-5-1-2-20-9(5)12-4-11-8/h1-4H,(H,16,17). The highest BCUT2D eigenvalue weighted by molar-refractivity contribution is 7.16. The van der Waals surface area contributed by atoms with Crippen LogP contribution in [0.1, 0.15) is 10.5 Å². The quantitative estimate of drug-likeness (QED) is 0.572. The molecule has 100 valence electrons. The van der Waals surface area contributed by atoms with Crippen LogP contribution in [0.25, 0.3) is 16.0 Å². The number of rotatable bonds is 3. The van der Waals surface area contributed by atoms with Crippen molar-refractivity contribution in [2.24, 2.45) is 0 Å². The zero-order chi connectivity index (χ0) is 14.3. The summed E-state index contributed by atoms with van der Waals surface area (Å²) in [6.07, 6.45) is 2.32. The fourth-order valence-electron chi connectivity index (χ4n) is 1.72. The number of aromatic carboxylic acids is 1. The summed E-state index contributed by atoms with van der Waals surface area (Å²) in [4.78, 5) is 29.8. The molecule has 0 radical (unpaired) electrons. The lowest BCUT2D eigenvalue weighted by Crippen LogP contribution is -2.04. The zero-order valence-electron chi connectivity index (χ0n) is 9.63. The van der Waals surface area contributed by atoms with Crippen LogP contribution >= 0.6 is 11.3 Å². The highest BCUT2D eigenvalue weighted by atomic mass is 32.1. The second-order valence-electron chi connectivity index (χ2n) is 3.71. The number of aromatic nitrogens is 4. The van der Waals surface area contributed by atoms with Gasteiger partial charge in [0.25, 0.3) is 0 Å². The van der Waals surface area contributed by atoms with E-state index in [1.165, 1.54) is 17.7 Å². The first-order valence-corrected chi connectivity index (χ1v) is 6.12. The summed E-state index contributed by atoms with van der Waals surface area (Å²) in [6.45, 7) is 0. The summed E-state index contributed by atoms with van der Waals surface area (Å²) in [5.41, 5.74) is -1.21. The Morgan fingerprint density at radius 3 is 2.90 bits per heavy atom. The zero-order valence-corrected chi connectivity index (χ0v) is 10.4. The van der Waals surface area contributed by atoms with Gasteiger partial charge in [-0.15, -0.1) is 11.3 Å². The van der Waals surface area contributed by atoms with Gasteiger partial charge in [-0.05, 0) is 11.4 Å². The van der Waals surface area contributed by atoms with Crippen LogP contribution < -0.4 is 0 Å². The molecule has 0 amide bonds. The summed E-state index contributed by atoms with van der Waals surface area (Å²) in [5.74, 6) is -1.17. The molecule has 9 nitrogen and oxygen atoms in total. The molecule has 0 fully saturated rings. The third-order valence-corrected chi connectivity index (χ3v) is 3.37. The minimum Gasteiger partial charge on any atom is -0.476 e. The Morgan fingerprint density at radius 1 is 1.45 bits per heavy atom. The Morgan fingerprint density at radius 2 is 2.25 bits per heavy atom. The van der Waals surface area contributed by atoms with E-state index in [4.69, 9.17) is 5.11 Å². The molecule has 0 bridgehead atoms. The second-order valence-corrected chi connectivity index (χ2v) is 4.60. The molecular formula is C10H5N5O4S. The molecule has 3 aromatic rings. The SMILES string of the molecule is O=C(O)c1nn(-c2ncnc3sccc23)cc1[N+](=O)[O-]. The van der Waals surface area contributed by atoms with Crippen molar-refractivity contribution in [3.63, 3.8) is 0 Å². The molecule has 0 saturated carbocycles. The van der Waals surface area contributed by atoms with Gasteiger partial charge < -0.3 is 5.11 Å². The van der Waals surface area contributed by atoms with Crippen molar-refractivity contribution in [2.75, 3.05) is 0 Å². The van der Waals surface area contributed by atoms with Crippen LogP contribution in [-0.2, 0) is 0 Å². The molecule has 20 heavy (non-hydrogen) atoms. The third-order valence-electron chi connectivity index (χ3n) is 2.55. The lowest BCUT2D eigenvalue weighted by Gasteiger charge is -1.99. The van der Waals surface area contributed by atoms with Crippen molar-refractivity contribution < 1.29 is 14.8 Å². The number of carboxylic acid groups (broad SMARTS) is 1. The summed E-state index contributed by atoms with van der Waals surface area (Å²) in [6, 6.07) is 1.74. The first kappa shape index (κ1) is 12.2. The molecule has 1 N–H and O–H groups in total. The number of fused-ring (bicyclic) bond motifs is 1. The van der Waals surface area contributed by atoms with E-state index in [9.17, 15) is 14.9 Å². The molecule has 0 aliphatic rings. The lowest BCUT2D eigenvalue weighted by molar-refractivity contribution is -0.385. The smallest absolute Gasteiger partial charge is 0.363 e. The molecule has 3 heterocycles. The number of carboxylic acids is 1. The van der Waals surface area contributed by atoms with Gasteiger partial charge in [-0.1, -0.05) is 0 Å². The average molecular weight is 291 g/mol. The normalized spacial score (nSPS) is 10.8. The highest BCUT2D eigenvalue weighted by Gasteiger charge is 2.26. The van der Waals surface area contributed by atoms with Crippen molar-refractivity contribution >= 4 is 33.2 Å². The highest BCUT2D eigenvalue weighted by Crippen LogP contribution is 2.25. The lowest BCUT2D eigenvalue weighted by atomic mass is 10.4. The van der Waals surface area contributed by atoms with Crippen LogP contribution in [0.15, 0.2) is 24.0 Å². The van der Waals surface area contributed by atoms with Crippen LogP contribution in [0.4, 0.5) is 5.69 Å². The average Bonchev–Trinajstić information content (AvgIpc) is 3.04. The van der Waals surface area contributed by atoms with Gasteiger partial charge in [0.2, 0.25) is 5.69 Å². The van der Waals surface area contributed by atoms with Crippen molar-refractivity contribution in [1.82, 2.24) is 19.7 Å². The van der Waals surface area contributed by atoms with Crippen molar-refractivity contribution in [1.29, 1.82) is 0 Å². The predicted molar refractivity (Wildman–Crippen MR) is 68.2 cm³/mol. The number of nitrogens with zero attached hydrogens (tertiary/aromatic N) is 5. The third kappa shape index (κ3) is 1.78. The van der Waals surface area contributed by atoms with Crippen LogP contribution in [0.3, 0.4) is 0 Å². The predicted octanol–water partition coefficient (Wildman–Crippen LogP) is 1.48.